The highest BCUT2D eigenvalue weighted by atomic mass is 16.4. The molecule has 1 aliphatic rings. The Balaban J connectivity index is 2.28. The zero-order valence-electron chi connectivity index (χ0n) is 6.97. The van der Waals surface area contributed by atoms with Gasteiger partial charge in [0.2, 0.25) is 0 Å². The quantitative estimate of drug-likeness (QED) is 0.746. The van der Waals surface area contributed by atoms with E-state index in [9.17, 15) is 4.79 Å². The second-order valence-corrected chi connectivity index (χ2v) is 3.04. The van der Waals surface area contributed by atoms with Crippen LogP contribution >= 0.6 is 0 Å². The molecule has 0 amide bonds. The van der Waals surface area contributed by atoms with Crippen molar-refractivity contribution in [1.82, 2.24) is 0 Å². The molecule has 0 bridgehead atoms. The van der Waals surface area contributed by atoms with E-state index in [4.69, 9.17) is 5.11 Å². The van der Waals surface area contributed by atoms with E-state index >= 15 is 0 Å². The van der Waals surface area contributed by atoms with Crippen molar-refractivity contribution < 1.29 is 9.90 Å². The van der Waals surface area contributed by atoms with Gasteiger partial charge in [-0.2, -0.15) is 0 Å². The summed E-state index contributed by atoms with van der Waals surface area (Å²) in [5.74, 6) is -0.832. The molecule has 1 atom stereocenters. The van der Waals surface area contributed by atoms with Crippen molar-refractivity contribution in [2.24, 2.45) is 4.99 Å². The lowest BCUT2D eigenvalue weighted by Gasteiger charge is -2.04. The number of carbonyl (C=O) groups is 1. The molecule has 3 heteroatoms. The molecule has 1 aromatic rings. The van der Waals surface area contributed by atoms with Crippen molar-refractivity contribution in [3.63, 3.8) is 0 Å². The van der Waals surface area contributed by atoms with Crippen LogP contribution in [0, 0.1) is 0 Å². The Kier molecular flexibility index (Phi) is 1.85. The van der Waals surface area contributed by atoms with Crippen LogP contribution < -0.4 is 0 Å². The third-order valence-corrected chi connectivity index (χ3v) is 2.12. The first-order chi connectivity index (χ1) is 6.27. The predicted molar refractivity (Wildman–Crippen MR) is 49.6 cm³/mol. The van der Waals surface area contributed by atoms with Gasteiger partial charge in [0.15, 0.2) is 0 Å². The topological polar surface area (TPSA) is 49.7 Å². The Labute approximate surface area is 75.7 Å². The molecule has 0 unspecified atom stereocenters. The van der Waals surface area contributed by atoms with Crippen molar-refractivity contribution in [1.29, 1.82) is 0 Å². The Hall–Kier alpha value is -1.64. The van der Waals surface area contributed by atoms with Gasteiger partial charge in [0.1, 0.15) is 0 Å². The van der Waals surface area contributed by atoms with Gasteiger partial charge < -0.3 is 5.11 Å². The smallest absolute Gasteiger partial charge is 0.304 e. The van der Waals surface area contributed by atoms with Crippen molar-refractivity contribution >= 4 is 17.9 Å². The Morgan fingerprint density at radius 2 is 2.23 bits per heavy atom. The van der Waals surface area contributed by atoms with Crippen LogP contribution in [0.3, 0.4) is 0 Å². The van der Waals surface area contributed by atoms with Gasteiger partial charge in [0.05, 0.1) is 12.1 Å². The van der Waals surface area contributed by atoms with Crippen molar-refractivity contribution in [3.8, 4) is 0 Å². The normalized spacial score (nSPS) is 18.6. The summed E-state index contributed by atoms with van der Waals surface area (Å²) in [5, 5.41) is 8.64. The van der Waals surface area contributed by atoms with Gasteiger partial charge in [0.25, 0.3) is 0 Å². The number of rotatable bonds is 2. The first-order valence-electron chi connectivity index (χ1n) is 4.12. The fraction of sp³-hybridized carbons (Fsp3) is 0.200. The third-order valence-electron chi connectivity index (χ3n) is 2.12. The second kappa shape index (κ2) is 3.01. The molecule has 3 nitrogen and oxygen atoms in total. The van der Waals surface area contributed by atoms with Crippen LogP contribution in [-0.2, 0) is 4.79 Å². The number of para-hydroxylation sites is 1. The third kappa shape index (κ3) is 1.45. The van der Waals surface area contributed by atoms with Gasteiger partial charge in [-0.25, -0.2) is 0 Å². The van der Waals surface area contributed by atoms with Crippen molar-refractivity contribution in [2.45, 2.75) is 12.3 Å². The highest BCUT2D eigenvalue weighted by molar-refractivity contribution is 5.85. The minimum atomic E-state index is -0.784. The van der Waals surface area contributed by atoms with Gasteiger partial charge >= 0.3 is 5.97 Å². The predicted octanol–water partition coefficient (Wildman–Crippen LogP) is 1.96. The molecule has 0 spiro atoms. The Morgan fingerprint density at radius 1 is 1.46 bits per heavy atom. The number of hydrogen-bond donors (Lipinski definition) is 1. The molecule has 0 fully saturated rings. The van der Waals surface area contributed by atoms with Crippen molar-refractivity contribution in [3.05, 3.63) is 29.8 Å². The number of carboxylic acid groups (broad SMARTS) is 1. The van der Waals surface area contributed by atoms with Crippen LogP contribution in [0.1, 0.15) is 17.9 Å². The summed E-state index contributed by atoms with van der Waals surface area (Å²) < 4.78 is 0. The maximum Gasteiger partial charge on any atom is 0.304 e. The lowest BCUT2D eigenvalue weighted by molar-refractivity contribution is -0.137. The van der Waals surface area contributed by atoms with Crippen molar-refractivity contribution in [2.75, 3.05) is 0 Å². The summed E-state index contributed by atoms with van der Waals surface area (Å²) in [6, 6.07) is 7.63. The van der Waals surface area contributed by atoms with Crippen LogP contribution in [0.15, 0.2) is 29.3 Å². The average molecular weight is 175 g/mol. The molecule has 0 saturated heterocycles. The molecule has 0 aromatic heterocycles. The Morgan fingerprint density at radius 3 is 3.00 bits per heavy atom. The zero-order valence-corrected chi connectivity index (χ0v) is 6.97. The molecule has 66 valence electrons. The number of aliphatic imine (C=N–C) groups is 1. The molecule has 13 heavy (non-hydrogen) atoms. The largest absolute Gasteiger partial charge is 0.481 e. The summed E-state index contributed by atoms with van der Waals surface area (Å²) in [6.07, 6.45) is 1.83. The monoisotopic (exact) mass is 175 g/mol. The molecule has 1 heterocycles. The molecule has 1 aromatic carbocycles. The molecule has 2 rings (SSSR count). The highest BCUT2D eigenvalue weighted by Gasteiger charge is 2.20. The van der Waals surface area contributed by atoms with Crippen LogP contribution in [-0.4, -0.2) is 17.3 Å². The number of hydrogen-bond acceptors (Lipinski definition) is 2. The highest BCUT2D eigenvalue weighted by Crippen LogP contribution is 2.33. The maximum atomic E-state index is 10.5. The van der Waals surface area contributed by atoms with Crippen LogP contribution in [0.2, 0.25) is 0 Å². The van der Waals surface area contributed by atoms with E-state index in [2.05, 4.69) is 4.99 Å². The van der Waals surface area contributed by atoms with E-state index < -0.39 is 5.97 Å². The molecule has 1 N–H and O–H groups in total. The van der Waals surface area contributed by atoms with E-state index in [0.29, 0.717) is 0 Å². The van der Waals surface area contributed by atoms with Gasteiger partial charge in [-0.3, -0.25) is 9.79 Å². The van der Waals surface area contributed by atoms with Crippen LogP contribution in [0.4, 0.5) is 5.69 Å². The molecule has 0 saturated carbocycles. The zero-order chi connectivity index (χ0) is 9.26. The van der Waals surface area contributed by atoms with Gasteiger partial charge in [0, 0.05) is 12.1 Å². The number of carboxylic acids is 1. The lowest BCUT2D eigenvalue weighted by Crippen LogP contribution is -2.04. The van der Waals surface area contributed by atoms with E-state index in [-0.39, 0.29) is 12.3 Å². The number of benzene rings is 1. The fourth-order valence-corrected chi connectivity index (χ4v) is 1.52. The van der Waals surface area contributed by atoms with E-state index in [1.54, 1.807) is 6.21 Å². The Bertz CT molecular complexity index is 371. The van der Waals surface area contributed by atoms with E-state index in [0.717, 1.165) is 11.3 Å². The molecular weight excluding hydrogens is 166 g/mol. The number of nitrogens with zero attached hydrogens (tertiary/aromatic N) is 1. The molecular formula is C10H9NO2. The molecule has 1 aliphatic heterocycles. The summed E-state index contributed by atoms with van der Waals surface area (Å²) in [5.41, 5.74) is 1.92. The standard InChI is InChI=1S/C10H9NO2/c12-10(13)5-7-6-11-9-4-2-1-3-8(7)9/h1-4,6-7H,5H2,(H,12,13)/t7-/m1/s1. The van der Waals surface area contributed by atoms with Crippen LogP contribution in [0.5, 0.6) is 0 Å². The second-order valence-electron chi connectivity index (χ2n) is 3.04. The number of aliphatic carboxylic acids is 1. The minimum Gasteiger partial charge on any atom is -0.481 e. The first kappa shape index (κ1) is 7.98. The van der Waals surface area contributed by atoms with Gasteiger partial charge in [-0.15, -0.1) is 0 Å². The van der Waals surface area contributed by atoms with E-state index in [1.165, 1.54) is 0 Å². The number of fused-ring (bicyclic) bond motifs is 1. The summed E-state index contributed by atoms with van der Waals surface area (Å²) in [6.45, 7) is 0. The summed E-state index contributed by atoms with van der Waals surface area (Å²) in [7, 11) is 0. The lowest BCUT2D eigenvalue weighted by atomic mass is 9.98. The van der Waals surface area contributed by atoms with Gasteiger partial charge in [-0.05, 0) is 11.6 Å². The maximum absolute atomic E-state index is 10.5. The van der Waals surface area contributed by atoms with Crippen LogP contribution in [0.25, 0.3) is 0 Å². The minimum absolute atomic E-state index is 0.0475. The SMILES string of the molecule is O=C(O)C[C@@H]1C=Nc2ccccc21. The van der Waals surface area contributed by atoms with E-state index in [1.807, 2.05) is 24.3 Å². The van der Waals surface area contributed by atoms with Gasteiger partial charge in [-0.1, -0.05) is 18.2 Å². The summed E-state index contributed by atoms with van der Waals surface area (Å²) >= 11 is 0. The summed E-state index contributed by atoms with van der Waals surface area (Å²) in [4.78, 5) is 14.6. The fourth-order valence-electron chi connectivity index (χ4n) is 1.52. The first-order valence-corrected chi connectivity index (χ1v) is 4.12. The molecule has 0 aliphatic carbocycles. The molecule has 0 radical (unpaired) electrons. The average Bonchev–Trinajstić information content (AvgIpc) is 2.48.